The molecule has 0 spiro atoms. The molecule has 5 heteroatoms. The van der Waals surface area contributed by atoms with Crippen LogP contribution in [-0.2, 0) is 9.47 Å². The quantitative estimate of drug-likeness (QED) is 0.792. The molecule has 0 amide bonds. The van der Waals surface area contributed by atoms with Gasteiger partial charge in [-0.3, -0.25) is 0 Å². The van der Waals surface area contributed by atoms with Crippen molar-refractivity contribution in [2.45, 2.75) is 18.9 Å². The number of esters is 1. The molecule has 0 unspecified atom stereocenters. The Morgan fingerprint density at radius 1 is 1.39 bits per heavy atom. The fourth-order valence-corrected chi connectivity index (χ4v) is 1.99. The number of ether oxygens (including phenoxy) is 3. The molecule has 18 heavy (non-hydrogen) atoms. The number of hydrogen-bond donors (Lipinski definition) is 0. The smallest absolute Gasteiger partial charge is 0.338 e. The van der Waals surface area contributed by atoms with Gasteiger partial charge in [0.15, 0.2) is 0 Å². The number of hydrogen-bond acceptors (Lipinski definition) is 4. The van der Waals surface area contributed by atoms with Gasteiger partial charge in [0.05, 0.1) is 30.9 Å². The Morgan fingerprint density at radius 3 is 2.78 bits per heavy atom. The molecule has 98 valence electrons. The second-order valence-electron chi connectivity index (χ2n) is 4.07. The minimum absolute atomic E-state index is 0.0621. The third kappa shape index (κ3) is 3.15. The molecule has 0 N–H and O–H groups in total. The highest BCUT2D eigenvalue weighted by Gasteiger charge is 2.19. The summed E-state index contributed by atoms with van der Waals surface area (Å²) in [7, 11) is 1.51. The highest BCUT2D eigenvalue weighted by Crippen LogP contribution is 2.25. The van der Waals surface area contributed by atoms with E-state index in [4.69, 9.17) is 25.8 Å². The number of methoxy groups -OCH3 is 1. The normalized spacial score (nSPS) is 16.3. The summed E-state index contributed by atoms with van der Waals surface area (Å²) in [6.07, 6.45) is 1.43. The molecular weight excluding hydrogens is 256 g/mol. The van der Waals surface area contributed by atoms with Gasteiger partial charge in [-0.15, -0.1) is 0 Å². The van der Waals surface area contributed by atoms with E-state index in [1.54, 1.807) is 18.2 Å². The Kier molecular flexibility index (Phi) is 4.44. The van der Waals surface area contributed by atoms with E-state index in [1.165, 1.54) is 7.11 Å². The summed E-state index contributed by atoms with van der Waals surface area (Å²) in [5.74, 6) is 0.120. The summed E-state index contributed by atoms with van der Waals surface area (Å²) in [5, 5.41) is 0.472. The van der Waals surface area contributed by atoms with Gasteiger partial charge in [-0.1, -0.05) is 11.6 Å². The van der Waals surface area contributed by atoms with Crippen molar-refractivity contribution in [1.29, 1.82) is 0 Å². The lowest BCUT2D eigenvalue weighted by atomic mass is 10.1. The fourth-order valence-electron chi connectivity index (χ4n) is 1.80. The Morgan fingerprint density at radius 2 is 2.11 bits per heavy atom. The first kappa shape index (κ1) is 13.2. The molecule has 1 aromatic carbocycles. The molecule has 0 radical (unpaired) electrons. The van der Waals surface area contributed by atoms with Crippen molar-refractivity contribution in [2.24, 2.45) is 0 Å². The van der Waals surface area contributed by atoms with Crippen LogP contribution in [0.25, 0.3) is 0 Å². The fraction of sp³-hybridized carbons (Fsp3) is 0.462. The van der Waals surface area contributed by atoms with E-state index in [0.717, 1.165) is 12.8 Å². The molecular formula is C13H15ClO4. The van der Waals surface area contributed by atoms with Crippen LogP contribution in [0.5, 0.6) is 5.75 Å². The van der Waals surface area contributed by atoms with Gasteiger partial charge in [0, 0.05) is 12.8 Å². The number of carbonyl (C=O) groups is 1. The van der Waals surface area contributed by atoms with Gasteiger partial charge in [0.25, 0.3) is 0 Å². The van der Waals surface area contributed by atoms with Crippen LogP contribution in [0.15, 0.2) is 18.2 Å². The summed E-state index contributed by atoms with van der Waals surface area (Å²) in [6.45, 7) is 1.28. The molecule has 0 aliphatic carbocycles. The van der Waals surface area contributed by atoms with Crippen LogP contribution in [0.2, 0.25) is 5.02 Å². The van der Waals surface area contributed by atoms with Gasteiger partial charge in [-0.2, -0.15) is 0 Å². The van der Waals surface area contributed by atoms with Crippen LogP contribution in [0, 0.1) is 0 Å². The SMILES string of the molecule is COc1cc(C(=O)OC2CCOCC2)ccc1Cl. The molecule has 1 aromatic rings. The van der Waals surface area contributed by atoms with E-state index >= 15 is 0 Å². The van der Waals surface area contributed by atoms with E-state index in [9.17, 15) is 4.79 Å². The van der Waals surface area contributed by atoms with Crippen LogP contribution in [-0.4, -0.2) is 32.4 Å². The van der Waals surface area contributed by atoms with E-state index in [0.29, 0.717) is 29.5 Å². The summed E-state index contributed by atoms with van der Waals surface area (Å²) < 4.78 is 15.7. The maximum absolute atomic E-state index is 11.9. The number of benzene rings is 1. The Hall–Kier alpha value is -1.26. The maximum Gasteiger partial charge on any atom is 0.338 e. The lowest BCUT2D eigenvalue weighted by molar-refractivity contribution is -0.0159. The van der Waals surface area contributed by atoms with Gasteiger partial charge < -0.3 is 14.2 Å². The molecule has 0 aromatic heterocycles. The Balaban J connectivity index is 2.03. The van der Waals surface area contributed by atoms with Crippen molar-refractivity contribution in [3.05, 3.63) is 28.8 Å². The first-order chi connectivity index (χ1) is 8.70. The van der Waals surface area contributed by atoms with Crippen molar-refractivity contribution in [3.63, 3.8) is 0 Å². The zero-order chi connectivity index (χ0) is 13.0. The van der Waals surface area contributed by atoms with E-state index in [1.807, 2.05) is 0 Å². The van der Waals surface area contributed by atoms with Crippen molar-refractivity contribution in [1.82, 2.24) is 0 Å². The summed E-state index contributed by atoms with van der Waals surface area (Å²) in [4.78, 5) is 11.9. The van der Waals surface area contributed by atoms with Gasteiger partial charge in [0.2, 0.25) is 0 Å². The lowest BCUT2D eigenvalue weighted by Crippen LogP contribution is -2.26. The molecule has 1 saturated heterocycles. The standard InChI is InChI=1S/C13H15ClO4/c1-16-12-8-9(2-3-11(12)14)13(15)18-10-4-6-17-7-5-10/h2-3,8,10H,4-7H2,1H3. The molecule has 0 bridgehead atoms. The van der Waals surface area contributed by atoms with Crippen molar-refractivity contribution >= 4 is 17.6 Å². The highest BCUT2D eigenvalue weighted by molar-refractivity contribution is 6.32. The van der Waals surface area contributed by atoms with Crippen LogP contribution in [0.3, 0.4) is 0 Å². The van der Waals surface area contributed by atoms with Crippen LogP contribution in [0.1, 0.15) is 23.2 Å². The van der Waals surface area contributed by atoms with Crippen LogP contribution < -0.4 is 4.74 Å². The Bertz CT molecular complexity index is 427. The zero-order valence-electron chi connectivity index (χ0n) is 10.1. The first-order valence-corrected chi connectivity index (χ1v) is 6.21. The summed E-state index contributed by atoms with van der Waals surface area (Å²) in [5.41, 5.74) is 0.447. The second kappa shape index (κ2) is 6.07. The molecule has 0 saturated carbocycles. The third-order valence-corrected chi connectivity index (χ3v) is 3.14. The summed E-state index contributed by atoms with van der Waals surface area (Å²) >= 11 is 5.90. The predicted octanol–water partition coefficient (Wildman–Crippen LogP) is 2.68. The van der Waals surface area contributed by atoms with Crippen LogP contribution in [0.4, 0.5) is 0 Å². The average molecular weight is 271 g/mol. The van der Waals surface area contributed by atoms with Gasteiger partial charge in [-0.25, -0.2) is 4.79 Å². The maximum atomic E-state index is 11.9. The van der Waals surface area contributed by atoms with Crippen molar-refractivity contribution < 1.29 is 19.0 Å². The van der Waals surface area contributed by atoms with Crippen LogP contribution >= 0.6 is 11.6 Å². The van der Waals surface area contributed by atoms with Gasteiger partial charge >= 0.3 is 5.97 Å². The lowest BCUT2D eigenvalue weighted by Gasteiger charge is -2.22. The Labute approximate surface area is 111 Å². The zero-order valence-corrected chi connectivity index (χ0v) is 10.9. The minimum Gasteiger partial charge on any atom is -0.495 e. The van der Waals surface area contributed by atoms with Crippen molar-refractivity contribution in [2.75, 3.05) is 20.3 Å². The highest BCUT2D eigenvalue weighted by atomic mass is 35.5. The predicted molar refractivity (Wildman–Crippen MR) is 67.3 cm³/mol. The number of carbonyl (C=O) groups excluding carboxylic acids is 1. The molecule has 1 fully saturated rings. The molecule has 4 nitrogen and oxygen atoms in total. The molecule has 1 aliphatic heterocycles. The van der Waals surface area contributed by atoms with Gasteiger partial charge in [0.1, 0.15) is 11.9 Å². The van der Waals surface area contributed by atoms with E-state index < -0.39 is 0 Å². The van der Waals surface area contributed by atoms with E-state index in [2.05, 4.69) is 0 Å². The monoisotopic (exact) mass is 270 g/mol. The number of halogens is 1. The van der Waals surface area contributed by atoms with E-state index in [-0.39, 0.29) is 12.1 Å². The molecule has 2 rings (SSSR count). The molecule has 1 aliphatic rings. The molecule has 1 heterocycles. The van der Waals surface area contributed by atoms with Gasteiger partial charge in [-0.05, 0) is 18.2 Å². The first-order valence-electron chi connectivity index (χ1n) is 5.83. The van der Waals surface area contributed by atoms with Crippen molar-refractivity contribution in [3.8, 4) is 5.75 Å². The largest absolute Gasteiger partial charge is 0.495 e. The summed E-state index contributed by atoms with van der Waals surface area (Å²) in [6, 6.07) is 4.84. The minimum atomic E-state index is -0.350. The topological polar surface area (TPSA) is 44.8 Å². The average Bonchev–Trinajstić information content (AvgIpc) is 2.40. The molecule has 0 atom stereocenters. The number of rotatable bonds is 3. The second-order valence-corrected chi connectivity index (χ2v) is 4.47. The third-order valence-electron chi connectivity index (χ3n) is 2.83.